The van der Waals surface area contributed by atoms with Crippen molar-refractivity contribution < 1.29 is 10.2 Å². The van der Waals surface area contributed by atoms with Gasteiger partial charge in [-0.1, -0.05) is 37.3 Å². The van der Waals surface area contributed by atoms with Crippen molar-refractivity contribution in [2.75, 3.05) is 26.2 Å². The van der Waals surface area contributed by atoms with Gasteiger partial charge in [-0.25, -0.2) is 0 Å². The van der Waals surface area contributed by atoms with Gasteiger partial charge in [-0.05, 0) is 36.8 Å². The monoisotopic (exact) mass is 263 g/mol. The smallest absolute Gasteiger partial charge is 0.0827 e. The Morgan fingerprint density at radius 1 is 1.32 bits per heavy atom. The molecular weight excluding hydrogens is 238 g/mol. The summed E-state index contributed by atoms with van der Waals surface area (Å²) in [4.78, 5) is 2.38. The van der Waals surface area contributed by atoms with E-state index in [1.165, 1.54) is 0 Å². The van der Waals surface area contributed by atoms with Gasteiger partial charge in [0.2, 0.25) is 0 Å². The maximum absolute atomic E-state index is 10.4. The van der Waals surface area contributed by atoms with Crippen LogP contribution in [-0.4, -0.2) is 41.4 Å². The highest BCUT2D eigenvalue weighted by atomic mass is 16.3. The van der Waals surface area contributed by atoms with Crippen LogP contribution in [-0.2, 0) is 0 Å². The molecule has 19 heavy (non-hydrogen) atoms. The highest BCUT2D eigenvalue weighted by Crippen LogP contribution is 2.24. The first-order valence-corrected chi connectivity index (χ1v) is 7.27. The number of aliphatic hydroxyl groups is 2. The molecule has 1 aliphatic heterocycles. The molecule has 2 N–H and O–H groups in total. The number of piperidine rings is 1. The molecule has 1 aromatic carbocycles. The highest BCUT2D eigenvalue weighted by Gasteiger charge is 2.23. The lowest BCUT2D eigenvalue weighted by atomic mass is 9.94. The molecule has 0 aliphatic carbocycles. The van der Waals surface area contributed by atoms with Crippen molar-refractivity contribution in [1.29, 1.82) is 0 Å². The van der Waals surface area contributed by atoms with E-state index in [4.69, 9.17) is 0 Å². The summed E-state index contributed by atoms with van der Waals surface area (Å²) >= 11 is 0. The summed E-state index contributed by atoms with van der Waals surface area (Å²) in [6, 6.07) is 9.86. The molecule has 1 fully saturated rings. The first-order chi connectivity index (χ1) is 9.20. The van der Waals surface area contributed by atoms with Gasteiger partial charge in [0.15, 0.2) is 0 Å². The summed E-state index contributed by atoms with van der Waals surface area (Å²) in [5.74, 6) is 0.620. The van der Waals surface area contributed by atoms with Crippen molar-refractivity contribution in [1.82, 2.24) is 4.90 Å². The Kier molecular flexibility index (Phi) is 5.37. The SMILES string of the molecule is CC(CN1CCCC(CO)C1)C(O)c1ccccc1. The maximum atomic E-state index is 10.4. The molecule has 0 aromatic heterocycles. The summed E-state index contributed by atoms with van der Waals surface area (Å²) in [7, 11) is 0. The normalized spacial score (nSPS) is 24.1. The average molecular weight is 263 g/mol. The number of likely N-dealkylation sites (tertiary alicyclic amines) is 1. The first-order valence-electron chi connectivity index (χ1n) is 7.27. The second-order valence-electron chi connectivity index (χ2n) is 5.78. The molecule has 0 amide bonds. The van der Waals surface area contributed by atoms with E-state index in [-0.39, 0.29) is 12.5 Å². The topological polar surface area (TPSA) is 43.7 Å². The second-order valence-corrected chi connectivity index (χ2v) is 5.78. The van der Waals surface area contributed by atoms with Crippen molar-refractivity contribution in [3.05, 3.63) is 35.9 Å². The van der Waals surface area contributed by atoms with E-state index < -0.39 is 6.10 Å². The number of nitrogens with zero attached hydrogens (tertiary/aromatic N) is 1. The zero-order valence-electron chi connectivity index (χ0n) is 11.7. The maximum Gasteiger partial charge on any atom is 0.0827 e. The lowest BCUT2D eigenvalue weighted by molar-refractivity contribution is 0.0613. The van der Waals surface area contributed by atoms with E-state index in [0.717, 1.165) is 38.0 Å². The van der Waals surface area contributed by atoms with Gasteiger partial charge in [0.25, 0.3) is 0 Å². The van der Waals surface area contributed by atoms with Crippen LogP contribution in [0.4, 0.5) is 0 Å². The van der Waals surface area contributed by atoms with Gasteiger partial charge in [0, 0.05) is 19.7 Å². The Morgan fingerprint density at radius 3 is 2.74 bits per heavy atom. The third-order valence-electron chi connectivity index (χ3n) is 4.09. The zero-order chi connectivity index (χ0) is 13.7. The fourth-order valence-corrected chi connectivity index (χ4v) is 2.95. The third-order valence-corrected chi connectivity index (χ3v) is 4.09. The number of benzene rings is 1. The Balaban J connectivity index is 1.88. The Hall–Kier alpha value is -0.900. The van der Waals surface area contributed by atoms with E-state index in [1.54, 1.807) is 0 Å². The van der Waals surface area contributed by atoms with Crippen molar-refractivity contribution in [2.45, 2.75) is 25.9 Å². The van der Waals surface area contributed by atoms with Crippen LogP contribution in [0.15, 0.2) is 30.3 Å². The largest absolute Gasteiger partial charge is 0.396 e. The summed E-state index contributed by atoms with van der Waals surface area (Å²) in [6.45, 7) is 5.32. The van der Waals surface area contributed by atoms with E-state index in [1.807, 2.05) is 30.3 Å². The van der Waals surface area contributed by atoms with Crippen LogP contribution < -0.4 is 0 Å². The minimum absolute atomic E-state index is 0.208. The Labute approximate surface area is 115 Å². The predicted octanol–water partition coefficient (Wildman–Crippen LogP) is 2.06. The summed E-state index contributed by atoms with van der Waals surface area (Å²) < 4.78 is 0. The van der Waals surface area contributed by atoms with Crippen LogP contribution in [0.2, 0.25) is 0 Å². The second kappa shape index (κ2) is 7.04. The van der Waals surface area contributed by atoms with E-state index in [9.17, 15) is 10.2 Å². The molecule has 0 radical (unpaired) electrons. The molecule has 3 unspecified atom stereocenters. The summed E-state index contributed by atoms with van der Waals surface area (Å²) in [5, 5.41) is 19.6. The Bertz CT molecular complexity index is 368. The summed E-state index contributed by atoms with van der Waals surface area (Å²) in [5.41, 5.74) is 0.991. The highest BCUT2D eigenvalue weighted by molar-refractivity contribution is 5.17. The van der Waals surface area contributed by atoms with Gasteiger partial charge < -0.3 is 15.1 Å². The molecule has 1 heterocycles. The molecule has 0 spiro atoms. The quantitative estimate of drug-likeness (QED) is 0.854. The lowest BCUT2D eigenvalue weighted by Crippen LogP contribution is -2.40. The standard InChI is InChI=1S/C16H25NO2/c1-13(16(19)15-7-3-2-4-8-15)10-17-9-5-6-14(11-17)12-18/h2-4,7-8,13-14,16,18-19H,5-6,9-12H2,1H3. The van der Waals surface area contributed by atoms with Crippen molar-refractivity contribution in [3.8, 4) is 0 Å². The van der Waals surface area contributed by atoms with Crippen LogP contribution in [0.3, 0.4) is 0 Å². The van der Waals surface area contributed by atoms with E-state index >= 15 is 0 Å². The average Bonchev–Trinajstić information content (AvgIpc) is 2.47. The van der Waals surface area contributed by atoms with Crippen LogP contribution >= 0.6 is 0 Å². The summed E-state index contributed by atoms with van der Waals surface area (Å²) in [6.07, 6.45) is 1.87. The molecule has 1 saturated heterocycles. The number of hydrogen-bond donors (Lipinski definition) is 2. The zero-order valence-corrected chi connectivity index (χ0v) is 11.7. The number of hydrogen-bond acceptors (Lipinski definition) is 3. The fraction of sp³-hybridized carbons (Fsp3) is 0.625. The molecule has 1 aliphatic rings. The van der Waals surface area contributed by atoms with Gasteiger partial charge in [0.1, 0.15) is 0 Å². The van der Waals surface area contributed by atoms with Crippen molar-refractivity contribution in [2.24, 2.45) is 11.8 Å². The minimum Gasteiger partial charge on any atom is -0.396 e. The predicted molar refractivity (Wildman–Crippen MR) is 76.8 cm³/mol. The molecule has 0 saturated carbocycles. The minimum atomic E-state index is -0.407. The van der Waals surface area contributed by atoms with Crippen molar-refractivity contribution in [3.63, 3.8) is 0 Å². The molecule has 3 heteroatoms. The molecule has 2 rings (SSSR count). The molecule has 1 aromatic rings. The number of rotatable bonds is 5. The van der Waals surface area contributed by atoms with E-state index in [2.05, 4.69) is 11.8 Å². The molecular formula is C16H25NO2. The van der Waals surface area contributed by atoms with Gasteiger partial charge in [0.05, 0.1) is 6.10 Å². The van der Waals surface area contributed by atoms with Crippen LogP contribution in [0.1, 0.15) is 31.4 Å². The van der Waals surface area contributed by atoms with Crippen LogP contribution in [0.25, 0.3) is 0 Å². The molecule has 3 atom stereocenters. The van der Waals surface area contributed by atoms with Gasteiger partial charge >= 0.3 is 0 Å². The van der Waals surface area contributed by atoms with Gasteiger partial charge in [-0.2, -0.15) is 0 Å². The van der Waals surface area contributed by atoms with Gasteiger partial charge in [-0.3, -0.25) is 0 Å². The van der Waals surface area contributed by atoms with Crippen LogP contribution in [0, 0.1) is 11.8 Å². The van der Waals surface area contributed by atoms with Gasteiger partial charge in [-0.15, -0.1) is 0 Å². The lowest BCUT2D eigenvalue weighted by Gasteiger charge is -2.34. The molecule has 106 valence electrons. The van der Waals surface area contributed by atoms with E-state index in [0.29, 0.717) is 5.92 Å². The molecule has 3 nitrogen and oxygen atoms in total. The molecule has 0 bridgehead atoms. The third kappa shape index (κ3) is 4.03. The first kappa shape index (κ1) is 14.5. The fourth-order valence-electron chi connectivity index (χ4n) is 2.95. The van der Waals surface area contributed by atoms with Crippen molar-refractivity contribution >= 4 is 0 Å². The number of aliphatic hydroxyl groups excluding tert-OH is 2. The van der Waals surface area contributed by atoms with Crippen LogP contribution in [0.5, 0.6) is 0 Å². The Morgan fingerprint density at radius 2 is 2.05 bits per heavy atom.